The van der Waals surface area contributed by atoms with E-state index >= 15 is 0 Å². The van der Waals surface area contributed by atoms with Crippen LogP contribution in [-0.2, 0) is 0 Å². The topological polar surface area (TPSA) is 20.3 Å². The second-order valence-electron chi connectivity index (χ2n) is 2.44. The highest BCUT2D eigenvalue weighted by Gasteiger charge is 2.11. The van der Waals surface area contributed by atoms with Gasteiger partial charge in [0.1, 0.15) is 11.6 Å². The minimum atomic E-state index is -0.787. The zero-order valence-electron chi connectivity index (χ0n) is 6.79. The third kappa shape index (κ3) is 2.18. The van der Waals surface area contributed by atoms with Gasteiger partial charge in [0.05, 0.1) is 5.69 Å². The first-order valence-corrected chi connectivity index (χ1v) is 3.89. The van der Waals surface area contributed by atoms with Crippen molar-refractivity contribution in [2.75, 3.05) is 11.9 Å². The van der Waals surface area contributed by atoms with Gasteiger partial charge in [-0.3, -0.25) is 4.79 Å². The number of rotatable bonds is 1. The Hall–Kier alpha value is -1.10. The van der Waals surface area contributed by atoms with Crippen molar-refractivity contribution in [3.63, 3.8) is 0 Å². The average Bonchev–Trinajstić information content (AvgIpc) is 2.03. The van der Waals surface area contributed by atoms with Crippen LogP contribution in [0.2, 0.25) is 0 Å². The van der Waals surface area contributed by atoms with Gasteiger partial charge in [-0.1, -0.05) is 12.6 Å². The van der Waals surface area contributed by atoms with Crippen LogP contribution in [-0.4, -0.2) is 12.3 Å². The number of carbonyl (C=O) groups is 1. The summed E-state index contributed by atoms with van der Waals surface area (Å²) in [6.07, 6.45) is 0. The number of anilines is 1. The lowest BCUT2D eigenvalue weighted by molar-refractivity contribution is 0.266. The molecule has 1 aromatic carbocycles. The van der Waals surface area contributed by atoms with E-state index in [1.807, 2.05) is 0 Å². The van der Waals surface area contributed by atoms with Crippen LogP contribution < -0.4 is 4.90 Å². The lowest BCUT2D eigenvalue weighted by Crippen LogP contribution is -2.20. The molecule has 0 fully saturated rings. The Kier molecular flexibility index (Phi) is 2.87. The fourth-order valence-electron chi connectivity index (χ4n) is 0.856. The van der Waals surface area contributed by atoms with E-state index in [-0.39, 0.29) is 5.69 Å². The minimum absolute atomic E-state index is 0.00130. The number of carbonyl (C=O) groups excluding carboxylic acids is 1. The van der Waals surface area contributed by atoms with Crippen LogP contribution in [0.4, 0.5) is 19.3 Å². The maximum Gasteiger partial charge on any atom is 0.282 e. The Morgan fingerprint density at radius 1 is 1.46 bits per heavy atom. The molecule has 5 heteroatoms. The SMILES string of the molecule is CN(C(=O)S)c1ccc(F)cc1F. The number of hydrogen-bond acceptors (Lipinski definition) is 1. The Bertz CT molecular complexity index is 343. The molecule has 0 heterocycles. The molecule has 0 radical (unpaired) electrons. The molecule has 0 atom stereocenters. The normalized spacial score (nSPS) is 9.85. The number of benzene rings is 1. The van der Waals surface area contributed by atoms with Crippen LogP contribution in [0.15, 0.2) is 18.2 Å². The van der Waals surface area contributed by atoms with Gasteiger partial charge in [-0.2, -0.15) is 0 Å². The van der Waals surface area contributed by atoms with Gasteiger partial charge < -0.3 is 4.90 Å². The van der Waals surface area contributed by atoms with Gasteiger partial charge in [0.2, 0.25) is 0 Å². The number of amides is 1. The fourth-order valence-corrected chi connectivity index (χ4v) is 0.964. The van der Waals surface area contributed by atoms with Gasteiger partial charge in [0.15, 0.2) is 0 Å². The summed E-state index contributed by atoms with van der Waals surface area (Å²) in [5.41, 5.74) is 0.00130. The monoisotopic (exact) mass is 203 g/mol. The van der Waals surface area contributed by atoms with E-state index in [0.717, 1.165) is 11.0 Å². The maximum atomic E-state index is 13.0. The molecule has 0 aliphatic carbocycles. The molecule has 0 saturated heterocycles. The smallest absolute Gasteiger partial charge is 0.282 e. The summed E-state index contributed by atoms with van der Waals surface area (Å²) in [7, 11) is 1.35. The molecule has 0 spiro atoms. The zero-order valence-corrected chi connectivity index (χ0v) is 7.69. The maximum absolute atomic E-state index is 13.0. The predicted molar refractivity (Wildman–Crippen MR) is 49.1 cm³/mol. The van der Waals surface area contributed by atoms with Crippen LogP contribution in [0.1, 0.15) is 0 Å². The quantitative estimate of drug-likeness (QED) is 0.695. The van der Waals surface area contributed by atoms with Crippen molar-refractivity contribution in [2.45, 2.75) is 0 Å². The van der Waals surface area contributed by atoms with Crippen molar-refractivity contribution in [3.05, 3.63) is 29.8 Å². The van der Waals surface area contributed by atoms with Crippen molar-refractivity contribution in [3.8, 4) is 0 Å². The highest BCUT2D eigenvalue weighted by atomic mass is 32.1. The van der Waals surface area contributed by atoms with Gasteiger partial charge in [-0.25, -0.2) is 8.78 Å². The van der Waals surface area contributed by atoms with E-state index in [2.05, 4.69) is 12.6 Å². The molecule has 13 heavy (non-hydrogen) atoms. The first kappa shape index (κ1) is 9.98. The highest BCUT2D eigenvalue weighted by Crippen LogP contribution is 2.19. The Morgan fingerprint density at radius 3 is 2.54 bits per heavy atom. The first-order valence-electron chi connectivity index (χ1n) is 3.44. The Morgan fingerprint density at radius 2 is 2.08 bits per heavy atom. The molecule has 0 bridgehead atoms. The summed E-state index contributed by atoms with van der Waals surface area (Å²) in [5.74, 6) is -1.47. The molecule has 2 nitrogen and oxygen atoms in total. The molecular weight excluding hydrogens is 196 g/mol. The predicted octanol–water partition coefficient (Wildman–Crippen LogP) is 2.45. The summed E-state index contributed by atoms with van der Waals surface area (Å²) in [5, 5.41) is -0.606. The van der Waals surface area contributed by atoms with E-state index in [9.17, 15) is 13.6 Å². The Balaban J connectivity index is 3.08. The van der Waals surface area contributed by atoms with Crippen LogP contribution >= 0.6 is 12.6 Å². The minimum Gasteiger partial charge on any atom is -0.304 e. The summed E-state index contributed by atoms with van der Waals surface area (Å²) in [6.45, 7) is 0. The standard InChI is InChI=1S/C8H7F2NOS/c1-11(8(12)13)7-3-2-5(9)4-6(7)10/h2-4H,1H3,(H,12,13). The lowest BCUT2D eigenvalue weighted by Gasteiger charge is -2.14. The van der Waals surface area contributed by atoms with Crippen LogP contribution in [0, 0.1) is 11.6 Å². The summed E-state index contributed by atoms with van der Waals surface area (Å²) in [6, 6.07) is 2.97. The van der Waals surface area contributed by atoms with Gasteiger partial charge in [-0.15, -0.1) is 0 Å². The molecule has 1 aromatic rings. The van der Waals surface area contributed by atoms with Crippen LogP contribution in [0.25, 0.3) is 0 Å². The number of thiol groups is 1. The molecule has 0 saturated carbocycles. The van der Waals surface area contributed by atoms with E-state index < -0.39 is 16.9 Å². The molecule has 0 aliphatic rings. The molecule has 0 N–H and O–H groups in total. The Labute approximate surface area is 79.6 Å². The molecule has 1 rings (SSSR count). The second kappa shape index (κ2) is 3.74. The molecule has 0 aromatic heterocycles. The van der Waals surface area contributed by atoms with E-state index in [0.29, 0.717) is 6.07 Å². The van der Waals surface area contributed by atoms with E-state index in [1.54, 1.807) is 0 Å². The largest absolute Gasteiger partial charge is 0.304 e. The third-order valence-electron chi connectivity index (χ3n) is 1.56. The van der Waals surface area contributed by atoms with Crippen molar-refractivity contribution in [2.24, 2.45) is 0 Å². The number of nitrogens with zero attached hydrogens (tertiary/aromatic N) is 1. The van der Waals surface area contributed by atoms with Gasteiger partial charge >= 0.3 is 0 Å². The van der Waals surface area contributed by atoms with Crippen molar-refractivity contribution < 1.29 is 13.6 Å². The van der Waals surface area contributed by atoms with E-state index in [4.69, 9.17) is 0 Å². The molecule has 0 aliphatic heterocycles. The molecule has 1 amide bonds. The molecule has 70 valence electrons. The second-order valence-corrected chi connectivity index (χ2v) is 2.82. The molecule has 0 unspecified atom stereocenters. The van der Waals surface area contributed by atoms with Crippen molar-refractivity contribution in [1.29, 1.82) is 0 Å². The summed E-state index contributed by atoms with van der Waals surface area (Å²) < 4.78 is 25.4. The first-order chi connectivity index (χ1) is 6.02. The zero-order chi connectivity index (χ0) is 10.0. The highest BCUT2D eigenvalue weighted by molar-refractivity contribution is 7.96. The number of hydrogen-bond donors (Lipinski definition) is 1. The van der Waals surface area contributed by atoms with Gasteiger partial charge in [0, 0.05) is 13.1 Å². The van der Waals surface area contributed by atoms with Crippen molar-refractivity contribution >= 4 is 23.6 Å². The van der Waals surface area contributed by atoms with Crippen molar-refractivity contribution in [1.82, 2.24) is 0 Å². The number of halogens is 2. The van der Waals surface area contributed by atoms with Gasteiger partial charge in [0.25, 0.3) is 5.24 Å². The summed E-state index contributed by atoms with van der Waals surface area (Å²) in [4.78, 5) is 11.7. The van der Waals surface area contributed by atoms with Crippen LogP contribution in [0.5, 0.6) is 0 Å². The fraction of sp³-hybridized carbons (Fsp3) is 0.125. The average molecular weight is 203 g/mol. The van der Waals surface area contributed by atoms with Gasteiger partial charge in [-0.05, 0) is 12.1 Å². The van der Waals surface area contributed by atoms with Crippen LogP contribution in [0.3, 0.4) is 0 Å². The molecular formula is C8H7F2NOS. The lowest BCUT2D eigenvalue weighted by atomic mass is 10.3. The van der Waals surface area contributed by atoms with E-state index in [1.165, 1.54) is 13.1 Å². The summed E-state index contributed by atoms with van der Waals surface area (Å²) >= 11 is 3.50. The third-order valence-corrected chi connectivity index (χ3v) is 1.86.